The van der Waals surface area contributed by atoms with E-state index in [2.05, 4.69) is 99.7 Å². The third kappa shape index (κ3) is 4.10. The van der Waals surface area contributed by atoms with Crippen molar-refractivity contribution < 1.29 is 0 Å². The Kier molecular flexibility index (Phi) is 5.79. The van der Waals surface area contributed by atoms with E-state index in [9.17, 15) is 0 Å². The molecule has 4 aromatic carbocycles. The highest BCUT2D eigenvalue weighted by atomic mass is 14.3. The van der Waals surface area contributed by atoms with Gasteiger partial charge in [0, 0.05) is 0 Å². The maximum Gasteiger partial charge on any atom is -0.00207 e. The standard InChI is InChI=1S/C41H40/c1-4-41(2,3)36-24-34-16-10-27-17-19-37(38-20-18-35(25-36)39(34)40(27)38)33-15-14-31-22-30(12-13-32(31)23-33)29-11-9-26-7-5-6-8-28(26)21-29/h5,7,10,16-25H,4,6,8-9,11-15H2,1-3H3. The molecule has 204 valence electrons. The van der Waals surface area contributed by atoms with Crippen LogP contribution in [0, 0.1) is 0 Å². The summed E-state index contributed by atoms with van der Waals surface area (Å²) >= 11 is 0. The molecule has 0 bridgehead atoms. The van der Waals surface area contributed by atoms with Crippen molar-refractivity contribution in [2.75, 3.05) is 0 Å². The Labute approximate surface area is 244 Å². The molecular weight excluding hydrogens is 492 g/mol. The molecule has 0 aromatic heterocycles. The third-order valence-electron chi connectivity index (χ3n) is 10.8. The average molecular weight is 533 g/mol. The zero-order chi connectivity index (χ0) is 27.7. The molecule has 4 aromatic rings. The van der Waals surface area contributed by atoms with Gasteiger partial charge in [0.15, 0.2) is 0 Å². The van der Waals surface area contributed by atoms with Gasteiger partial charge >= 0.3 is 0 Å². The van der Waals surface area contributed by atoms with Crippen molar-refractivity contribution in [3.63, 3.8) is 0 Å². The second kappa shape index (κ2) is 9.45. The van der Waals surface area contributed by atoms with Crippen LogP contribution >= 0.6 is 0 Å². The fraction of sp³-hybridized carbons (Fsp3) is 0.317. The largest absolute Gasteiger partial charge is 0.0839 e. The number of hydrogen-bond donors (Lipinski definition) is 0. The minimum atomic E-state index is 0.184. The summed E-state index contributed by atoms with van der Waals surface area (Å²) < 4.78 is 0. The van der Waals surface area contributed by atoms with Crippen LogP contribution in [0.15, 0.2) is 112 Å². The summed E-state index contributed by atoms with van der Waals surface area (Å²) in [5.41, 5.74) is 14.1. The third-order valence-corrected chi connectivity index (χ3v) is 10.8. The van der Waals surface area contributed by atoms with Crippen molar-refractivity contribution >= 4 is 37.9 Å². The maximum absolute atomic E-state index is 2.57. The van der Waals surface area contributed by atoms with Gasteiger partial charge in [-0.25, -0.2) is 0 Å². The Hall–Kier alpha value is -3.64. The van der Waals surface area contributed by atoms with Crippen LogP contribution in [-0.2, 0) is 5.41 Å². The zero-order valence-electron chi connectivity index (χ0n) is 24.9. The molecule has 0 N–H and O–H groups in total. The van der Waals surface area contributed by atoms with Gasteiger partial charge in [-0.2, -0.15) is 0 Å². The molecule has 41 heavy (non-hydrogen) atoms. The van der Waals surface area contributed by atoms with Crippen molar-refractivity contribution in [2.24, 2.45) is 0 Å². The Morgan fingerprint density at radius 3 is 1.90 bits per heavy atom. The molecule has 0 saturated carbocycles. The number of rotatable bonds is 4. The number of hydrogen-bond acceptors (Lipinski definition) is 0. The van der Waals surface area contributed by atoms with E-state index in [0.717, 1.165) is 19.3 Å². The van der Waals surface area contributed by atoms with Crippen molar-refractivity contribution in [1.29, 1.82) is 0 Å². The monoisotopic (exact) mass is 532 g/mol. The Morgan fingerprint density at radius 2 is 1.17 bits per heavy atom. The van der Waals surface area contributed by atoms with Gasteiger partial charge in [0.05, 0.1) is 0 Å². The molecular formula is C41H40. The van der Waals surface area contributed by atoms with Crippen LogP contribution in [0.2, 0.25) is 0 Å². The van der Waals surface area contributed by atoms with Gasteiger partial charge in [-0.05, 0) is 146 Å². The summed E-state index contributed by atoms with van der Waals surface area (Å²) in [6.07, 6.45) is 23.0. The maximum atomic E-state index is 2.57. The topological polar surface area (TPSA) is 0 Å². The first-order chi connectivity index (χ1) is 20.0. The summed E-state index contributed by atoms with van der Waals surface area (Å²) in [4.78, 5) is 0. The summed E-state index contributed by atoms with van der Waals surface area (Å²) in [7, 11) is 0. The fourth-order valence-electron chi connectivity index (χ4n) is 7.86. The molecule has 0 amide bonds. The van der Waals surface area contributed by atoms with Crippen LogP contribution in [-0.4, -0.2) is 0 Å². The van der Waals surface area contributed by atoms with Gasteiger partial charge in [0.1, 0.15) is 0 Å². The second-order valence-electron chi connectivity index (χ2n) is 13.5. The van der Waals surface area contributed by atoms with E-state index in [1.807, 2.05) is 0 Å². The lowest BCUT2D eigenvalue weighted by molar-refractivity contribution is 0.507. The minimum Gasteiger partial charge on any atom is -0.0839 e. The highest BCUT2D eigenvalue weighted by molar-refractivity contribution is 6.24. The SMILES string of the molecule is CCC(C)(C)c1cc2ccc3ccc(C4=CC5=C(C=C(C6=CC7=C(C=CCC7)CC6)CC5)CC4)c4ccc(c1)c2c34. The normalized spacial score (nSPS) is 19.5. The van der Waals surface area contributed by atoms with E-state index in [1.165, 1.54) is 87.5 Å². The predicted octanol–water partition coefficient (Wildman–Crippen LogP) is 11.8. The first-order valence-electron chi connectivity index (χ1n) is 15.9. The predicted molar refractivity (Wildman–Crippen MR) is 178 cm³/mol. The molecule has 0 nitrogen and oxygen atoms in total. The molecule has 0 unspecified atom stereocenters. The zero-order valence-corrected chi connectivity index (χ0v) is 24.9. The van der Waals surface area contributed by atoms with Crippen LogP contribution in [0.25, 0.3) is 37.9 Å². The Morgan fingerprint density at radius 1 is 0.585 bits per heavy atom. The molecule has 0 heteroatoms. The molecule has 0 heterocycles. The van der Waals surface area contributed by atoms with E-state index < -0.39 is 0 Å². The Bertz CT molecular complexity index is 1900. The van der Waals surface area contributed by atoms with Crippen LogP contribution in [0.4, 0.5) is 0 Å². The fourth-order valence-corrected chi connectivity index (χ4v) is 7.86. The molecule has 0 atom stereocenters. The number of allylic oxidation sites excluding steroid dienone is 12. The quantitative estimate of drug-likeness (QED) is 0.229. The van der Waals surface area contributed by atoms with Crippen LogP contribution in [0.3, 0.4) is 0 Å². The highest BCUT2D eigenvalue weighted by Gasteiger charge is 2.24. The van der Waals surface area contributed by atoms with E-state index in [1.54, 1.807) is 33.4 Å². The summed E-state index contributed by atoms with van der Waals surface area (Å²) in [6, 6.07) is 19.1. The first kappa shape index (κ1) is 25.1. The molecule has 0 saturated heterocycles. The van der Waals surface area contributed by atoms with Gasteiger partial charge in [0.2, 0.25) is 0 Å². The van der Waals surface area contributed by atoms with Gasteiger partial charge < -0.3 is 0 Å². The van der Waals surface area contributed by atoms with Crippen LogP contribution < -0.4 is 0 Å². The summed E-state index contributed by atoms with van der Waals surface area (Å²) in [6.45, 7) is 7.04. The lowest BCUT2D eigenvalue weighted by atomic mass is 9.77. The van der Waals surface area contributed by atoms with Crippen molar-refractivity contribution in [2.45, 2.75) is 84.0 Å². The van der Waals surface area contributed by atoms with Crippen LogP contribution in [0.5, 0.6) is 0 Å². The van der Waals surface area contributed by atoms with Gasteiger partial charge in [-0.1, -0.05) is 99.7 Å². The van der Waals surface area contributed by atoms with E-state index in [0.29, 0.717) is 0 Å². The highest BCUT2D eigenvalue weighted by Crippen LogP contribution is 2.45. The van der Waals surface area contributed by atoms with Crippen LogP contribution in [0.1, 0.15) is 89.7 Å². The van der Waals surface area contributed by atoms with Crippen molar-refractivity contribution in [3.05, 3.63) is 123 Å². The van der Waals surface area contributed by atoms with Crippen molar-refractivity contribution in [3.8, 4) is 0 Å². The molecule has 0 fully saturated rings. The van der Waals surface area contributed by atoms with E-state index in [4.69, 9.17) is 0 Å². The average Bonchev–Trinajstić information content (AvgIpc) is 3.02. The Balaban J connectivity index is 1.19. The lowest BCUT2D eigenvalue weighted by Gasteiger charge is -2.28. The summed E-state index contributed by atoms with van der Waals surface area (Å²) in [5.74, 6) is 0. The van der Waals surface area contributed by atoms with Crippen molar-refractivity contribution in [1.82, 2.24) is 0 Å². The van der Waals surface area contributed by atoms with Gasteiger partial charge in [-0.15, -0.1) is 0 Å². The smallest absolute Gasteiger partial charge is 0.00207 e. The van der Waals surface area contributed by atoms with E-state index >= 15 is 0 Å². The summed E-state index contributed by atoms with van der Waals surface area (Å²) in [5, 5.41) is 8.42. The molecule has 0 radical (unpaired) electrons. The van der Waals surface area contributed by atoms with E-state index in [-0.39, 0.29) is 5.41 Å². The minimum absolute atomic E-state index is 0.184. The molecule has 8 rings (SSSR count). The lowest BCUT2D eigenvalue weighted by Crippen LogP contribution is -2.15. The second-order valence-corrected chi connectivity index (χ2v) is 13.5. The van der Waals surface area contributed by atoms with Gasteiger partial charge in [0.25, 0.3) is 0 Å². The number of benzene rings is 4. The first-order valence-corrected chi connectivity index (χ1v) is 15.9. The molecule has 0 aliphatic heterocycles. The molecule has 4 aliphatic carbocycles. The van der Waals surface area contributed by atoms with Gasteiger partial charge in [-0.3, -0.25) is 0 Å². The molecule has 4 aliphatic rings. The molecule has 0 spiro atoms.